The van der Waals surface area contributed by atoms with Crippen molar-refractivity contribution in [2.24, 2.45) is 5.92 Å². The van der Waals surface area contributed by atoms with Crippen molar-refractivity contribution in [2.75, 3.05) is 0 Å². The first-order chi connectivity index (χ1) is 9.25. The average Bonchev–Trinajstić information content (AvgIpc) is 2.83. The van der Waals surface area contributed by atoms with Crippen LogP contribution in [0.1, 0.15) is 42.5 Å². The molecule has 1 N–H and O–H groups in total. The Morgan fingerprint density at radius 3 is 2.84 bits per heavy atom. The summed E-state index contributed by atoms with van der Waals surface area (Å²) in [5.74, 6) is -0.303. The Bertz CT molecular complexity index is 600. The van der Waals surface area contributed by atoms with Crippen LogP contribution in [-0.2, 0) is 6.54 Å². The van der Waals surface area contributed by atoms with E-state index in [4.69, 9.17) is 5.11 Å². The molecule has 5 heteroatoms. The minimum atomic E-state index is -0.949. The molecule has 1 aromatic carbocycles. The molecule has 19 heavy (non-hydrogen) atoms. The summed E-state index contributed by atoms with van der Waals surface area (Å²) in [5.41, 5.74) is 1.55. The molecule has 1 saturated carbocycles. The molecule has 1 aliphatic rings. The number of aromatic nitrogens is 3. The van der Waals surface area contributed by atoms with Crippen LogP contribution in [-0.4, -0.2) is 26.1 Å². The molecule has 2 aromatic rings. The van der Waals surface area contributed by atoms with Gasteiger partial charge in [0.05, 0.1) is 11.1 Å². The first-order valence-electron chi connectivity index (χ1n) is 6.81. The van der Waals surface area contributed by atoms with E-state index in [0.717, 1.165) is 12.1 Å². The Labute approximate surface area is 111 Å². The number of benzene rings is 1. The minimum absolute atomic E-state index is 0.229. The highest BCUT2D eigenvalue weighted by molar-refractivity contribution is 6.00. The van der Waals surface area contributed by atoms with Crippen LogP contribution in [0, 0.1) is 5.92 Å². The number of hydrogen-bond donors (Lipinski definition) is 1. The van der Waals surface area contributed by atoms with Crippen LogP contribution in [0.5, 0.6) is 0 Å². The third-order valence-electron chi connectivity index (χ3n) is 3.93. The number of rotatable bonds is 3. The highest BCUT2D eigenvalue weighted by atomic mass is 16.4. The van der Waals surface area contributed by atoms with Crippen LogP contribution >= 0.6 is 0 Å². The van der Waals surface area contributed by atoms with Crippen LogP contribution in [0.15, 0.2) is 18.2 Å². The normalized spacial score (nSPS) is 16.8. The molecule has 1 heterocycles. The van der Waals surface area contributed by atoms with Crippen molar-refractivity contribution >= 4 is 17.0 Å². The summed E-state index contributed by atoms with van der Waals surface area (Å²) in [6.07, 6.45) is 6.38. The van der Waals surface area contributed by atoms with E-state index in [9.17, 15) is 4.79 Å². The van der Waals surface area contributed by atoms with Gasteiger partial charge in [-0.05, 0) is 30.9 Å². The monoisotopic (exact) mass is 259 g/mol. The zero-order valence-corrected chi connectivity index (χ0v) is 10.7. The first kappa shape index (κ1) is 12.1. The second-order valence-electron chi connectivity index (χ2n) is 5.25. The summed E-state index contributed by atoms with van der Waals surface area (Å²) in [7, 11) is 0. The number of fused-ring (bicyclic) bond motifs is 1. The van der Waals surface area contributed by atoms with Gasteiger partial charge in [-0.25, -0.2) is 9.48 Å². The molecule has 1 aromatic heterocycles. The number of nitrogens with zero attached hydrogens (tertiary/aromatic N) is 3. The van der Waals surface area contributed by atoms with Gasteiger partial charge in [0.15, 0.2) is 0 Å². The molecular weight excluding hydrogens is 242 g/mol. The second-order valence-corrected chi connectivity index (χ2v) is 5.25. The molecule has 0 saturated heterocycles. The topological polar surface area (TPSA) is 68.0 Å². The maximum absolute atomic E-state index is 11.1. The second kappa shape index (κ2) is 4.99. The van der Waals surface area contributed by atoms with E-state index >= 15 is 0 Å². The standard InChI is InChI=1S/C14H17N3O2/c18-14(19)11-7-4-8-12-13(11)15-16-17(12)9-10-5-2-1-3-6-10/h4,7-8,10H,1-3,5-6,9H2,(H,18,19). The fourth-order valence-corrected chi connectivity index (χ4v) is 2.91. The van der Waals surface area contributed by atoms with Crippen LogP contribution in [0.25, 0.3) is 11.0 Å². The smallest absolute Gasteiger partial charge is 0.338 e. The van der Waals surface area contributed by atoms with Crippen molar-refractivity contribution in [1.29, 1.82) is 0 Å². The van der Waals surface area contributed by atoms with E-state index in [1.54, 1.807) is 12.1 Å². The summed E-state index contributed by atoms with van der Waals surface area (Å²) < 4.78 is 1.86. The number of carboxylic acid groups (broad SMARTS) is 1. The van der Waals surface area contributed by atoms with Gasteiger partial charge in [-0.15, -0.1) is 5.10 Å². The van der Waals surface area contributed by atoms with Crippen molar-refractivity contribution in [2.45, 2.75) is 38.6 Å². The van der Waals surface area contributed by atoms with E-state index in [1.807, 2.05) is 10.7 Å². The Morgan fingerprint density at radius 2 is 2.11 bits per heavy atom. The van der Waals surface area contributed by atoms with E-state index < -0.39 is 5.97 Å². The summed E-state index contributed by atoms with van der Waals surface area (Å²) >= 11 is 0. The molecule has 0 aliphatic heterocycles. The van der Waals surface area contributed by atoms with Crippen LogP contribution < -0.4 is 0 Å². The Balaban J connectivity index is 1.92. The van der Waals surface area contributed by atoms with E-state index in [1.165, 1.54) is 32.1 Å². The van der Waals surface area contributed by atoms with E-state index in [-0.39, 0.29) is 5.56 Å². The number of hydrogen-bond acceptors (Lipinski definition) is 3. The highest BCUT2D eigenvalue weighted by Crippen LogP contribution is 2.26. The number of carbonyl (C=O) groups is 1. The van der Waals surface area contributed by atoms with Crippen molar-refractivity contribution in [3.8, 4) is 0 Å². The van der Waals surface area contributed by atoms with Crippen LogP contribution in [0.3, 0.4) is 0 Å². The number of aromatic carboxylic acids is 1. The van der Waals surface area contributed by atoms with Crippen molar-refractivity contribution in [1.82, 2.24) is 15.0 Å². The molecular formula is C14H17N3O2. The molecule has 3 rings (SSSR count). The largest absolute Gasteiger partial charge is 0.478 e. The predicted molar refractivity (Wildman–Crippen MR) is 71.1 cm³/mol. The third-order valence-corrected chi connectivity index (χ3v) is 3.93. The summed E-state index contributed by atoms with van der Waals surface area (Å²) in [6, 6.07) is 5.22. The highest BCUT2D eigenvalue weighted by Gasteiger charge is 2.18. The summed E-state index contributed by atoms with van der Waals surface area (Å²) in [4.78, 5) is 11.1. The number of carboxylic acids is 1. The lowest BCUT2D eigenvalue weighted by Crippen LogP contribution is -2.15. The predicted octanol–water partition coefficient (Wildman–Crippen LogP) is 2.71. The molecule has 0 bridgehead atoms. The summed E-state index contributed by atoms with van der Waals surface area (Å²) in [5, 5.41) is 17.3. The minimum Gasteiger partial charge on any atom is -0.478 e. The van der Waals surface area contributed by atoms with Gasteiger partial charge < -0.3 is 5.11 Å². The van der Waals surface area contributed by atoms with Crippen molar-refractivity contribution < 1.29 is 9.90 Å². The molecule has 1 aliphatic carbocycles. The van der Waals surface area contributed by atoms with Crippen LogP contribution in [0.2, 0.25) is 0 Å². The van der Waals surface area contributed by atoms with Gasteiger partial charge in [-0.2, -0.15) is 0 Å². The maximum Gasteiger partial charge on any atom is 0.338 e. The fourth-order valence-electron chi connectivity index (χ4n) is 2.91. The molecule has 0 atom stereocenters. The maximum atomic E-state index is 11.1. The molecule has 5 nitrogen and oxygen atoms in total. The first-order valence-corrected chi connectivity index (χ1v) is 6.81. The molecule has 0 unspecified atom stereocenters. The van der Waals surface area contributed by atoms with Gasteiger partial charge in [0.1, 0.15) is 5.52 Å². The van der Waals surface area contributed by atoms with Crippen molar-refractivity contribution in [3.05, 3.63) is 23.8 Å². The van der Waals surface area contributed by atoms with Crippen molar-refractivity contribution in [3.63, 3.8) is 0 Å². The van der Waals surface area contributed by atoms with E-state index in [0.29, 0.717) is 11.4 Å². The molecule has 100 valence electrons. The lowest BCUT2D eigenvalue weighted by molar-refractivity contribution is 0.0699. The van der Waals surface area contributed by atoms with Gasteiger partial charge in [-0.3, -0.25) is 0 Å². The fraction of sp³-hybridized carbons (Fsp3) is 0.500. The Morgan fingerprint density at radius 1 is 1.32 bits per heavy atom. The van der Waals surface area contributed by atoms with Gasteiger partial charge in [0.25, 0.3) is 0 Å². The lowest BCUT2D eigenvalue weighted by atomic mass is 9.89. The Hall–Kier alpha value is -1.91. The van der Waals surface area contributed by atoms with E-state index in [2.05, 4.69) is 10.3 Å². The van der Waals surface area contributed by atoms with Gasteiger partial charge in [0.2, 0.25) is 0 Å². The van der Waals surface area contributed by atoms with Gasteiger partial charge in [-0.1, -0.05) is 30.5 Å². The molecule has 0 radical (unpaired) electrons. The molecule has 0 amide bonds. The third kappa shape index (κ3) is 2.32. The van der Waals surface area contributed by atoms with Gasteiger partial charge in [0, 0.05) is 6.54 Å². The van der Waals surface area contributed by atoms with Gasteiger partial charge >= 0.3 is 5.97 Å². The lowest BCUT2D eigenvalue weighted by Gasteiger charge is -2.21. The zero-order valence-electron chi connectivity index (χ0n) is 10.7. The average molecular weight is 259 g/mol. The quantitative estimate of drug-likeness (QED) is 0.920. The SMILES string of the molecule is O=C(O)c1cccc2c1nnn2CC1CCCCC1. The Kier molecular flexibility index (Phi) is 3.19. The molecule has 0 spiro atoms. The van der Waals surface area contributed by atoms with Crippen LogP contribution in [0.4, 0.5) is 0 Å². The zero-order chi connectivity index (χ0) is 13.2. The molecule has 1 fully saturated rings. The summed E-state index contributed by atoms with van der Waals surface area (Å²) in [6.45, 7) is 0.847.